The first-order valence-electron chi connectivity index (χ1n) is 6.08. The Morgan fingerprint density at radius 3 is 2.95 bits per heavy atom. The number of amides is 1. The third-order valence-electron chi connectivity index (χ3n) is 2.79. The van der Waals surface area contributed by atoms with Crippen molar-refractivity contribution in [2.75, 3.05) is 11.9 Å². The van der Waals surface area contributed by atoms with Gasteiger partial charge in [-0.3, -0.25) is 10.1 Å². The second kappa shape index (κ2) is 5.78. The average Bonchev–Trinajstić information content (AvgIpc) is 2.99. The van der Waals surface area contributed by atoms with Gasteiger partial charge in [-0.25, -0.2) is 4.98 Å². The number of hydrogen-bond acceptors (Lipinski definition) is 5. The first-order valence-corrected chi connectivity index (χ1v) is 7.27. The Bertz CT molecular complexity index is 606. The van der Waals surface area contributed by atoms with Crippen molar-refractivity contribution in [2.24, 2.45) is 0 Å². The molecule has 1 aromatic heterocycles. The topological polar surface area (TPSA) is 63.2 Å². The number of carbonyl (C=O) groups is 1. The van der Waals surface area contributed by atoms with Crippen LogP contribution in [0.4, 0.5) is 5.13 Å². The average molecular weight is 310 g/mol. The number of halogens is 1. The summed E-state index contributed by atoms with van der Waals surface area (Å²) in [5, 5.41) is 7.20. The molecule has 0 saturated heterocycles. The predicted octanol–water partition coefficient (Wildman–Crippen LogP) is 2.42. The van der Waals surface area contributed by atoms with Crippen molar-refractivity contribution in [1.29, 1.82) is 0 Å². The van der Waals surface area contributed by atoms with E-state index < -0.39 is 0 Å². The smallest absolute Gasteiger partial charge is 0.264 e. The minimum Gasteiger partial charge on any atom is -0.484 e. The number of thiazole rings is 1. The summed E-state index contributed by atoms with van der Waals surface area (Å²) >= 11 is 7.27. The van der Waals surface area contributed by atoms with Crippen LogP contribution < -0.4 is 15.4 Å². The Morgan fingerprint density at radius 2 is 2.20 bits per heavy atom. The molecule has 1 aliphatic rings. The molecular formula is C13H12ClN3O2S. The molecule has 0 saturated carbocycles. The standard InChI is InChI=1S/C13H12ClN3O2S/c14-8-1-3-9(4-2-8)19-7-12(18)17-13-16-10-5-15-6-11(10)20-13/h1-4,15H,5-7H2,(H,16,17,18). The molecule has 0 radical (unpaired) electrons. The Hall–Kier alpha value is -1.63. The summed E-state index contributed by atoms with van der Waals surface area (Å²) in [4.78, 5) is 17.3. The van der Waals surface area contributed by atoms with Crippen LogP contribution >= 0.6 is 22.9 Å². The van der Waals surface area contributed by atoms with Gasteiger partial charge in [0.15, 0.2) is 11.7 Å². The van der Waals surface area contributed by atoms with Gasteiger partial charge in [-0.1, -0.05) is 11.6 Å². The maximum absolute atomic E-state index is 11.8. The summed E-state index contributed by atoms with van der Waals surface area (Å²) in [7, 11) is 0. The van der Waals surface area contributed by atoms with Gasteiger partial charge in [-0.05, 0) is 24.3 Å². The number of carbonyl (C=O) groups excluding carboxylic acids is 1. The van der Waals surface area contributed by atoms with Gasteiger partial charge in [0.2, 0.25) is 0 Å². The summed E-state index contributed by atoms with van der Waals surface area (Å²) in [6.45, 7) is 1.54. The van der Waals surface area contributed by atoms with Crippen molar-refractivity contribution in [3.63, 3.8) is 0 Å². The molecule has 0 atom stereocenters. The number of anilines is 1. The highest BCUT2D eigenvalue weighted by Crippen LogP contribution is 2.26. The molecule has 0 unspecified atom stereocenters. The van der Waals surface area contributed by atoms with E-state index in [9.17, 15) is 4.79 Å². The third-order valence-corrected chi connectivity index (χ3v) is 4.05. The summed E-state index contributed by atoms with van der Waals surface area (Å²) in [6, 6.07) is 6.87. The highest BCUT2D eigenvalue weighted by Gasteiger charge is 2.17. The van der Waals surface area contributed by atoms with Crippen LogP contribution in [0.2, 0.25) is 5.02 Å². The fourth-order valence-electron chi connectivity index (χ4n) is 1.84. The van der Waals surface area contributed by atoms with Crippen LogP contribution in [0.25, 0.3) is 0 Å². The van der Waals surface area contributed by atoms with E-state index in [0.717, 1.165) is 18.8 Å². The number of hydrogen-bond donors (Lipinski definition) is 2. The van der Waals surface area contributed by atoms with Crippen LogP contribution in [0.5, 0.6) is 5.75 Å². The molecule has 3 rings (SSSR count). The zero-order valence-corrected chi connectivity index (χ0v) is 12.1. The van der Waals surface area contributed by atoms with Gasteiger partial charge < -0.3 is 10.1 Å². The quantitative estimate of drug-likeness (QED) is 0.910. The second-order valence-corrected chi connectivity index (χ2v) is 5.80. The van der Waals surface area contributed by atoms with E-state index >= 15 is 0 Å². The van der Waals surface area contributed by atoms with Crippen LogP contribution in [-0.2, 0) is 17.9 Å². The summed E-state index contributed by atoms with van der Waals surface area (Å²) in [6.07, 6.45) is 0. The molecule has 0 fully saturated rings. The summed E-state index contributed by atoms with van der Waals surface area (Å²) in [5.41, 5.74) is 1.02. The Kier molecular flexibility index (Phi) is 3.86. The molecule has 5 nitrogen and oxygen atoms in total. The van der Waals surface area contributed by atoms with E-state index in [1.165, 1.54) is 16.2 Å². The molecule has 20 heavy (non-hydrogen) atoms. The van der Waals surface area contributed by atoms with Crippen LogP contribution in [0.15, 0.2) is 24.3 Å². The molecule has 104 valence electrons. The molecule has 2 aromatic rings. The molecule has 0 aliphatic carbocycles. The normalized spacial score (nSPS) is 13.1. The van der Waals surface area contributed by atoms with Crippen LogP contribution in [0.1, 0.15) is 10.6 Å². The van der Waals surface area contributed by atoms with Gasteiger partial charge in [0, 0.05) is 23.0 Å². The SMILES string of the molecule is O=C(COc1ccc(Cl)cc1)Nc1nc2c(s1)CNC2. The maximum Gasteiger partial charge on any atom is 0.264 e. The minimum atomic E-state index is -0.222. The van der Waals surface area contributed by atoms with Crippen molar-refractivity contribution in [3.05, 3.63) is 39.9 Å². The Labute approximate surface area is 124 Å². The zero-order valence-electron chi connectivity index (χ0n) is 10.5. The van der Waals surface area contributed by atoms with Crippen LogP contribution in [0, 0.1) is 0 Å². The molecule has 0 spiro atoms. The lowest BCUT2D eigenvalue weighted by Crippen LogP contribution is -2.20. The lowest BCUT2D eigenvalue weighted by atomic mass is 10.3. The fraction of sp³-hybridized carbons (Fsp3) is 0.231. The fourth-order valence-corrected chi connectivity index (χ4v) is 2.93. The number of fused-ring (bicyclic) bond motifs is 1. The van der Waals surface area contributed by atoms with Gasteiger partial charge in [-0.15, -0.1) is 11.3 Å². The number of ether oxygens (including phenoxy) is 1. The number of rotatable bonds is 4. The molecule has 7 heteroatoms. The number of nitrogens with zero attached hydrogens (tertiary/aromatic N) is 1. The molecule has 1 aromatic carbocycles. The van der Waals surface area contributed by atoms with Crippen molar-refractivity contribution < 1.29 is 9.53 Å². The zero-order chi connectivity index (χ0) is 13.9. The maximum atomic E-state index is 11.8. The number of nitrogens with one attached hydrogen (secondary N) is 2. The summed E-state index contributed by atoms with van der Waals surface area (Å²) in [5.74, 6) is 0.385. The van der Waals surface area contributed by atoms with Gasteiger partial charge >= 0.3 is 0 Å². The van der Waals surface area contributed by atoms with Crippen molar-refractivity contribution in [3.8, 4) is 5.75 Å². The highest BCUT2D eigenvalue weighted by molar-refractivity contribution is 7.15. The third kappa shape index (κ3) is 3.09. The van der Waals surface area contributed by atoms with Gasteiger partial charge in [0.05, 0.1) is 5.69 Å². The van der Waals surface area contributed by atoms with Crippen molar-refractivity contribution >= 4 is 34.0 Å². The lowest BCUT2D eigenvalue weighted by Gasteiger charge is -2.05. The highest BCUT2D eigenvalue weighted by atomic mass is 35.5. The van der Waals surface area contributed by atoms with Gasteiger partial charge in [0.25, 0.3) is 5.91 Å². The predicted molar refractivity (Wildman–Crippen MR) is 78.2 cm³/mol. The first kappa shape index (κ1) is 13.4. The Balaban J connectivity index is 1.53. The molecule has 2 N–H and O–H groups in total. The first-order chi connectivity index (χ1) is 9.70. The lowest BCUT2D eigenvalue weighted by molar-refractivity contribution is -0.118. The number of aromatic nitrogens is 1. The summed E-state index contributed by atoms with van der Waals surface area (Å²) < 4.78 is 5.37. The minimum absolute atomic E-state index is 0.0515. The van der Waals surface area contributed by atoms with E-state index in [1.807, 2.05) is 0 Å². The molecular weight excluding hydrogens is 298 g/mol. The van der Waals surface area contributed by atoms with Gasteiger partial charge in [0.1, 0.15) is 5.75 Å². The van der Waals surface area contributed by atoms with Crippen LogP contribution in [-0.4, -0.2) is 17.5 Å². The second-order valence-electron chi connectivity index (χ2n) is 4.28. The van der Waals surface area contributed by atoms with Crippen molar-refractivity contribution in [2.45, 2.75) is 13.1 Å². The molecule has 2 heterocycles. The number of benzene rings is 1. The molecule has 1 amide bonds. The van der Waals surface area contributed by atoms with E-state index in [1.54, 1.807) is 24.3 Å². The van der Waals surface area contributed by atoms with Crippen LogP contribution in [0.3, 0.4) is 0 Å². The largest absolute Gasteiger partial charge is 0.484 e. The van der Waals surface area contributed by atoms with E-state index in [4.69, 9.17) is 16.3 Å². The molecule has 1 aliphatic heterocycles. The monoisotopic (exact) mass is 309 g/mol. The van der Waals surface area contributed by atoms with E-state index in [2.05, 4.69) is 15.6 Å². The molecule has 0 bridgehead atoms. The Morgan fingerprint density at radius 1 is 1.40 bits per heavy atom. The van der Waals surface area contributed by atoms with Crippen molar-refractivity contribution in [1.82, 2.24) is 10.3 Å². The van der Waals surface area contributed by atoms with Gasteiger partial charge in [-0.2, -0.15) is 0 Å². The van der Waals surface area contributed by atoms with E-state index in [-0.39, 0.29) is 12.5 Å². The van der Waals surface area contributed by atoms with E-state index in [0.29, 0.717) is 15.9 Å².